The summed E-state index contributed by atoms with van der Waals surface area (Å²) < 4.78 is 12.0. The molecule has 1 aliphatic rings. The molecule has 1 heterocycles. The molecule has 0 spiro atoms. The lowest BCUT2D eigenvalue weighted by Crippen LogP contribution is -2.44. The molecule has 138 valence electrons. The smallest absolute Gasteiger partial charge is 0.258 e. The van der Waals surface area contributed by atoms with E-state index in [1.165, 1.54) is 0 Å². The molecule has 1 fully saturated rings. The van der Waals surface area contributed by atoms with E-state index in [1.54, 1.807) is 0 Å². The normalized spacial score (nSPS) is 16.0. The molecular weight excluding hydrogens is 396 g/mol. The third-order valence-corrected chi connectivity index (χ3v) is 4.79. The number of nitrogens with zero attached hydrogens (tertiary/aromatic N) is 1. The Kier molecular flexibility index (Phi) is 7.05. The van der Waals surface area contributed by atoms with Crippen molar-refractivity contribution in [3.05, 3.63) is 64.6 Å². The van der Waals surface area contributed by atoms with Crippen molar-refractivity contribution in [2.75, 3.05) is 39.5 Å². The van der Waals surface area contributed by atoms with Crippen LogP contribution >= 0.6 is 15.9 Å². The molecule has 1 N–H and O–H groups in total. The second kappa shape index (κ2) is 9.71. The summed E-state index contributed by atoms with van der Waals surface area (Å²) in [4.78, 5) is 14.7. The number of hydrogen-bond acceptors (Lipinski definition) is 4. The van der Waals surface area contributed by atoms with Crippen molar-refractivity contribution >= 4 is 21.8 Å². The monoisotopic (exact) mass is 418 g/mol. The van der Waals surface area contributed by atoms with Crippen molar-refractivity contribution in [2.24, 2.45) is 0 Å². The van der Waals surface area contributed by atoms with E-state index in [0.29, 0.717) is 5.75 Å². The molecule has 0 unspecified atom stereocenters. The lowest BCUT2D eigenvalue weighted by molar-refractivity contribution is -0.124. The van der Waals surface area contributed by atoms with E-state index in [1.807, 2.05) is 54.6 Å². The first-order chi connectivity index (χ1) is 12.7. The number of morpholine rings is 1. The molecule has 1 saturated heterocycles. The maximum absolute atomic E-state index is 12.4. The maximum Gasteiger partial charge on any atom is 0.258 e. The van der Waals surface area contributed by atoms with E-state index in [-0.39, 0.29) is 18.6 Å². The fourth-order valence-electron chi connectivity index (χ4n) is 2.88. The van der Waals surface area contributed by atoms with Crippen LogP contribution in [0.3, 0.4) is 0 Å². The Bertz CT molecular complexity index is 688. The molecule has 1 amide bonds. The predicted octanol–water partition coefficient (Wildman–Crippen LogP) is 3.02. The van der Waals surface area contributed by atoms with Gasteiger partial charge in [0.2, 0.25) is 0 Å². The first kappa shape index (κ1) is 18.9. The summed E-state index contributed by atoms with van der Waals surface area (Å²) in [6.07, 6.45) is 0. The van der Waals surface area contributed by atoms with E-state index in [0.717, 1.165) is 42.9 Å². The van der Waals surface area contributed by atoms with Gasteiger partial charge in [-0.1, -0.05) is 46.3 Å². The van der Waals surface area contributed by atoms with Gasteiger partial charge in [-0.15, -0.1) is 0 Å². The molecule has 0 aliphatic carbocycles. The standard InChI is InChI=1S/C20H23BrN2O3/c21-17-6-8-18(9-7-17)26-15-20(24)22-19(16-4-2-1-3-5-16)14-23-10-12-25-13-11-23/h1-9,19H,10-15H2,(H,22,24)/t19-/m0/s1. The van der Waals surface area contributed by atoms with E-state index < -0.39 is 0 Å². The van der Waals surface area contributed by atoms with Crippen LogP contribution in [0.15, 0.2) is 59.1 Å². The number of carbonyl (C=O) groups excluding carboxylic acids is 1. The average molecular weight is 419 g/mol. The highest BCUT2D eigenvalue weighted by molar-refractivity contribution is 9.10. The maximum atomic E-state index is 12.4. The number of benzene rings is 2. The number of ether oxygens (including phenoxy) is 2. The second-order valence-electron chi connectivity index (χ2n) is 6.19. The topological polar surface area (TPSA) is 50.8 Å². The Labute approximate surface area is 162 Å². The van der Waals surface area contributed by atoms with Crippen molar-refractivity contribution in [2.45, 2.75) is 6.04 Å². The number of nitrogens with one attached hydrogen (secondary N) is 1. The molecular formula is C20H23BrN2O3. The molecule has 1 atom stereocenters. The van der Waals surface area contributed by atoms with Crippen molar-refractivity contribution in [3.8, 4) is 5.75 Å². The van der Waals surface area contributed by atoms with Crippen LogP contribution in [0, 0.1) is 0 Å². The number of amides is 1. The van der Waals surface area contributed by atoms with Crippen molar-refractivity contribution < 1.29 is 14.3 Å². The Morgan fingerprint density at radius 2 is 1.81 bits per heavy atom. The highest BCUT2D eigenvalue weighted by Gasteiger charge is 2.20. The summed E-state index contributed by atoms with van der Waals surface area (Å²) in [7, 11) is 0. The van der Waals surface area contributed by atoms with Crippen molar-refractivity contribution in [1.29, 1.82) is 0 Å². The largest absolute Gasteiger partial charge is 0.484 e. The zero-order chi connectivity index (χ0) is 18.2. The van der Waals surface area contributed by atoms with Gasteiger partial charge in [0.15, 0.2) is 6.61 Å². The fourth-order valence-corrected chi connectivity index (χ4v) is 3.14. The number of carbonyl (C=O) groups is 1. The zero-order valence-corrected chi connectivity index (χ0v) is 16.2. The van der Waals surface area contributed by atoms with Crippen molar-refractivity contribution in [3.63, 3.8) is 0 Å². The summed E-state index contributed by atoms with van der Waals surface area (Å²) in [5, 5.41) is 3.11. The molecule has 2 aromatic rings. The summed E-state index contributed by atoms with van der Waals surface area (Å²) >= 11 is 3.38. The van der Waals surface area contributed by atoms with Gasteiger partial charge < -0.3 is 14.8 Å². The van der Waals surface area contributed by atoms with Crippen molar-refractivity contribution in [1.82, 2.24) is 10.2 Å². The highest BCUT2D eigenvalue weighted by atomic mass is 79.9. The van der Waals surface area contributed by atoms with Crippen LogP contribution in [-0.2, 0) is 9.53 Å². The molecule has 0 radical (unpaired) electrons. The van der Waals surface area contributed by atoms with Gasteiger partial charge >= 0.3 is 0 Å². The molecule has 26 heavy (non-hydrogen) atoms. The minimum absolute atomic E-state index is 0.00588. The first-order valence-electron chi connectivity index (χ1n) is 8.73. The highest BCUT2D eigenvalue weighted by Crippen LogP contribution is 2.17. The van der Waals surface area contributed by atoms with Crippen LogP contribution in [0.2, 0.25) is 0 Å². The van der Waals surface area contributed by atoms with Gasteiger partial charge in [0.1, 0.15) is 5.75 Å². The molecule has 0 aromatic heterocycles. The summed E-state index contributed by atoms with van der Waals surface area (Å²) in [6, 6.07) is 17.4. The second-order valence-corrected chi connectivity index (χ2v) is 7.10. The van der Waals surface area contributed by atoms with E-state index >= 15 is 0 Å². The number of hydrogen-bond donors (Lipinski definition) is 1. The predicted molar refractivity (Wildman–Crippen MR) is 104 cm³/mol. The van der Waals surface area contributed by atoms with Crippen LogP contribution in [0.25, 0.3) is 0 Å². The Balaban J connectivity index is 1.58. The van der Waals surface area contributed by atoms with Crippen LogP contribution in [0.4, 0.5) is 0 Å². The first-order valence-corrected chi connectivity index (χ1v) is 9.53. The van der Waals surface area contributed by atoms with Crippen LogP contribution in [0.1, 0.15) is 11.6 Å². The number of halogens is 1. The molecule has 6 heteroatoms. The molecule has 5 nitrogen and oxygen atoms in total. The van der Waals surface area contributed by atoms with E-state index in [4.69, 9.17) is 9.47 Å². The van der Waals surface area contributed by atoms with Crippen LogP contribution in [0.5, 0.6) is 5.75 Å². The lowest BCUT2D eigenvalue weighted by Gasteiger charge is -2.31. The Morgan fingerprint density at radius 3 is 2.50 bits per heavy atom. The minimum atomic E-state index is -0.130. The van der Waals surface area contributed by atoms with E-state index in [9.17, 15) is 4.79 Å². The van der Waals surface area contributed by atoms with Gasteiger partial charge in [-0.3, -0.25) is 9.69 Å². The fraction of sp³-hybridized carbons (Fsp3) is 0.350. The quantitative estimate of drug-likeness (QED) is 0.750. The third kappa shape index (κ3) is 5.83. The SMILES string of the molecule is O=C(COc1ccc(Br)cc1)N[C@@H](CN1CCOCC1)c1ccccc1. The Hall–Kier alpha value is -1.89. The Morgan fingerprint density at radius 1 is 1.12 bits per heavy atom. The molecule has 1 aliphatic heterocycles. The third-order valence-electron chi connectivity index (χ3n) is 4.27. The minimum Gasteiger partial charge on any atom is -0.484 e. The number of rotatable bonds is 7. The summed E-state index contributed by atoms with van der Waals surface area (Å²) in [5.41, 5.74) is 1.09. The van der Waals surface area contributed by atoms with Gasteiger partial charge in [-0.05, 0) is 29.8 Å². The van der Waals surface area contributed by atoms with E-state index in [2.05, 4.69) is 26.1 Å². The summed E-state index contributed by atoms with van der Waals surface area (Å²) in [5.74, 6) is 0.544. The van der Waals surface area contributed by atoms with Gasteiger partial charge in [-0.2, -0.15) is 0 Å². The van der Waals surface area contributed by atoms with Gasteiger partial charge in [0.25, 0.3) is 5.91 Å². The van der Waals surface area contributed by atoms with Crippen LogP contribution in [-0.4, -0.2) is 50.3 Å². The average Bonchev–Trinajstić information content (AvgIpc) is 2.68. The molecule has 3 rings (SSSR count). The zero-order valence-electron chi connectivity index (χ0n) is 14.6. The van der Waals surface area contributed by atoms with Gasteiger partial charge in [0.05, 0.1) is 19.3 Å². The molecule has 2 aromatic carbocycles. The molecule has 0 saturated carbocycles. The summed E-state index contributed by atoms with van der Waals surface area (Å²) in [6.45, 7) is 4.00. The van der Waals surface area contributed by atoms with Crippen LogP contribution < -0.4 is 10.1 Å². The van der Waals surface area contributed by atoms with Gasteiger partial charge in [0, 0.05) is 24.1 Å². The lowest BCUT2D eigenvalue weighted by atomic mass is 10.1. The van der Waals surface area contributed by atoms with Gasteiger partial charge in [-0.25, -0.2) is 0 Å². The molecule has 0 bridgehead atoms.